The van der Waals surface area contributed by atoms with E-state index < -0.39 is 0 Å². The average Bonchev–Trinajstić information content (AvgIpc) is 2.29. The fourth-order valence-electron chi connectivity index (χ4n) is 1.22. The summed E-state index contributed by atoms with van der Waals surface area (Å²) < 4.78 is 0. The van der Waals surface area contributed by atoms with Crippen molar-refractivity contribution in [2.75, 3.05) is 5.88 Å². The summed E-state index contributed by atoms with van der Waals surface area (Å²) in [7, 11) is 0. The van der Waals surface area contributed by atoms with E-state index in [-0.39, 0.29) is 0 Å². The van der Waals surface area contributed by atoms with Crippen LogP contribution < -0.4 is 0 Å². The molecule has 15 heavy (non-hydrogen) atoms. The van der Waals surface area contributed by atoms with Gasteiger partial charge in [0.15, 0.2) is 0 Å². The maximum atomic E-state index is 10.6. The Morgan fingerprint density at radius 2 is 1.53 bits per heavy atom. The van der Waals surface area contributed by atoms with Crippen LogP contribution in [0.3, 0.4) is 0 Å². The van der Waals surface area contributed by atoms with Crippen molar-refractivity contribution in [1.29, 1.82) is 0 Å². The zero-order chi connectivity index (χ0) is 11.1. The van der Waals surface area contributed by atoms with Gasteiger partial charge in [0.1, 0.15) is 12.6 Å². The molecule has 0 amide bonds. The highest BCUT2D eigenvalue weighted by Gasteiger charge is 1.97. The van der Waals surface area contributed by atoms with E-state index in [4.69, 9.17) is 11.6 Å². The van der Waals surface area contributed by atoms with Gasteiger partial charge in [0.2, 0.25) is 0 Å². The zero-order valence-corrected chi connectivity index (χ0v) is 8.91. The first-order chi connectivity index (χ1) is 7.30. The van der Waals surface area contributed by atoms with E-state index >= 15 is 0 Å². The van der Waals surface area contributed by atoms with E-state index in [1.165, 1.54) is 0 Å². The second-order valence-corrected chi connectivity index (χ2v) is 3.43. The first kappa shape index (κ1) is 11.7. The van der Waals surface area contributed by atoms with Gasteiger partial charge in [-0.3, -0.25) is 9.59 Å². The second-order valence-electron chi connectivity index (χ2n) is 3.05. The Kier molecular flexibility index (Phi) is 4.78. The van der Waals surface area contributed by atoms with Gasteiger partial charge in [-0.15, -0.1) is 11.6 Å². The monoisotopic (exact) mass is 222 g/mol. The van der Waals surface area contributed by atoms with Crippen LogP contribution in [-0.4, -0.2) is 18.5 Å². The van der Waals surface area contributed by atoms with Gasteiger partial charge in [-0.2, -0.15) is 0 Å². The molecule has 0 spiro atoms. The van der Waals surface area contributed by atoms with Crippen LogP contribution in [0.4, 0.5) is 0 Å². The van der Waals surface area contributed by atoms with Crippen molar-refractivity contribution in [3.8, 4) is 0 Å². The molecule has 1 rings (SSSR count). The summed E-state index contributed by atoms with van der Waals surface area (Å²) in [5.41, 5.74) is 1.85. The normalized spacial score (nSPS) is 10.5. The molecule has 0 aliphatic carbocycles. The van der Waals surface area contributed by atoms with Crippen LogP contribution in [-0.2, 0) is 0 Å². The fraction of sp³-hybridized carbons (Fsp3) is 0.167. The van der Waals surface area contributed by atoms with Crippen molar-refractivity contribution in [2.24, 2.45) is 0 Å². The van der Waals surface area contributed by atoms with Crippen molar-refractivity contribution in [1.82, 2.24) is 0 Å². The van der Waals surface area contributed by atoms with Crippen molar-refractivity contribution < 1.29 is 9.59 Å². The lowest BCUT2D eigenvalue weighted by Crippen LogP contribution is -1.87. The summed E-state index contributed by atoms with van der Waals surface area (Å²) in [5.74, 6) is 0.560. The average molecular weight is 223 g/mol. The molecule has 0 aliphatic rings. The molecule has 1 aromatic carbocycles. The lowest BCUT2D eigenvalue weighted by Gasteiger charge is -1.98. The molecular formula is C12H11ClO2. The topological polar surface area (TPSA) is 34.1 Å². The van der Waals surface area contributed by atoms with Crippen LogP contribution in [0, 0.1) is 0 Å². The molecule has 3 heteroatoms. The van der Waals surface area contributed by atoms with Gasteiger partial charge in [0.25, 0.3) is 0 Å². The first-order valence-corrected chi connectivity index (χ1v) is 5.11. The maximum absolute atomic E-state index is 10.6. The predicted octanol–water partition coefficient (Wildman–Crippen LogP) is 2.95. The van der Waals surface area contributed by atoms with Crippen LogP contribution in [0.2, 0.25) is 0 Å². The summed E-state index contributed by atoms with van der Waals surface area (Å²) >= 11 is 5.52. The van der Waals surface area contributed by atoms with Gasteiger partial charge in [-0.25, -0.2) is 0 Å². The van der Waals surface area contributed by atoms with Crippen LogP contribution in [0.25, 0.3) is 6.08 Å². The number of aldehydes is 2. The van der Waals surface area contributed by atoms with E-state index in [9.17, 15) is 9.59 Å². The Morgan fingerprint density at radius 1 is 1.00 bits per heavy atom. The number of halogens is 1. The lowest BCUT2D eigenvalue weighted by atomic mass is 10.1. The summed E-state index contributed by atoms with van der Waals surface area (Å²) in [6.07, 6.45) is 5.98. The number of hydrogen-bond acceptors (Lipinski definition) is 2. The van der Waals surface area contributed by atoms with E-state index in [1.807, 2.05) is 12.2 Å². The summed E-state index contributed by atoms with van der Waals surface area (Å²) in [5, 5.41) is 0. The molecule has 0 unspecified atom stereocenters. The smallest absolute Gasteiger partial charge is 0.150 e. The van der Waals surface area contributed by atoms with Crippen LogP contribution in [0.5, 0.6) is 0 Å². The Bertz CT molecular complexity index is 357. The molecule has 0 radical (unpaired) electrons. The first-order valence-electron chi connectivity index (χ1n) is 4.58. The minimum Gasteiger partial charge on any atom is -0.298 e. The molecule has 0 N–H and O–H groups in total. The molecule has 0 aromatic heterocycles. The minimum absolute atomic E-state index is 0.505. The largest absolute Gasteiger partial charge is 0.298 e. The number of benzene rings is 1. The summed E-state index contributed by atoms with van der Waals surface area (Å²) in [6, 6.07) is 5.01. The van der Waals surface area contributed by atoms with E-state index in [0.29, 0.717) is 17.0 Å². The molecule has 78 valence electrons. The summed E-state index contributed by atoms with van der Waals surface area (Å²) in [6.45, 7) is 0. The predicted molar refractivity (Wildman–Crippen MR) is 61.6 cm³/mol. The number of rotatable bonds is 5. The fourth-order valence-corrected chi connectivity index (χ4v) is 1.34. The molecule has 0 heterocycles. The van der Waals surface area contributed by atoms with Crippen molar-refractivity contribution in [3.63, 3.8) is 0 Å². The van der Waals surface area contributed by atoms with E-state index in [2.05, 4.69) is 0 Å². The van der Waals surface area contributed by atoms with Gasteiger partial charge < -0.3 is 0 Å². The molecule has 0 atom stereocenters. The lowest BCUT2D eigenvalue weighted by molar-refractivity contribution is 0.112. The molecule has 1 aromatic rings. The standard InChI is InChI=1S/C12H11ClO2/c13-4-2-1-3-10-5-11(8-14)7-12(6-10)9-15/h1,3,5-9H,2,4H2. The number of allylic oxidation sites excluding steroid dienone is 1. The third-order valence-electron chi connectivity index (χ3n) is 1.86. The quantitative estimate of drug-likeness (QED) is 0.567. The number of carbonyl (C=O) groups is 2. The van der Waals surface area contributed by atoms with Gasteiger partial charge in [0, 0.05) is 17.0 Å². The summed E-state index contributed by atoms with van der Waals surface area (Å²) in [4.78, 5) is 21.2. The number of alkyl halides is 1. The number of carbonyl (C=O) groups excluding carboxylic acids is 2. The molecular weight excluding hydrogens is 212 g/mol. The Morgan fingerprint density at radius 3 is 2.00 bits per heavy atom. The van der Waals surface area contributed by atoms with Crippen molar-refractivity contribution >= 4 is 30.2 Å². The van der Waals surface area contributed by atoms with Crippen LogP contribution in [0.15, 0.2) is 24.3 Å². The SMILES string of the molecule is O=Cc1cc(C=O)cc(C=CCCCl)c1. The molecule has 0 fully saturated rings. The Labute approximate surface area is 93.6 Å². The van der Waals surface area contributed by atoms with Crippen molar-refractivity contribution in [3.05, 3.63) is 41.0 Å². The molecule has 0 saturated carbocycles. The molecule has 2 nitrogen and oxygen atoms in total. The van der Waals surface area contributed by atoms with Gasteiger partial charge in [0.05, 0.1) is 0 Å². The van der Waals surface area contributed by atoms with Crippen LogP contribution in [0.1, 0.15) is 32.7 Å². The highest BCUT2D eigenvalue weighted by molar-refractivity contribution is 6.17. The van der Waals surface area contributed by atoms with E-state index in [0.717, 1.165) is 24.6 Å². The van der Waals surface area contributed by atoms with Gasteiger partial charge in [-0.05, 0) is 30.2 Å². The van der Waals surface area contributed by atoms with Crippen LogP contribution >= 0.6 is 11.6 Å². The van der Waals surface area contributed by atoms with Gasteiger partial charge in [-0.1, -0.05) is 12.2 Å². The third-order valence-corrected chi connectivity index (χ3v) is 2.08. The zero-order valence-electron chi connectivity index (χ0n) is 8.15. The van der Waals surface area contributed by atoms with E-state index in [1.54, 1.807) is 18.2 Å². The Balaban J connectivity index is 2.96. The molecule has 0 bridgehead atoms. The highest BCUT2D eigenvalue weighted by atomic mass is 35.5. The third kappa shape index (κ3) is 3.68. The second kappa shape index (κ2) is 6.14. The highest BCUT2D eigenvalue weighted by Crippen LogP contribution is 2.10. The number of hydrogen-bond donors (Lipinski definition) is 0. The van der Waals surface area contributed by atoms with Crippen molar-refractivity contribution in [2.45, 2.75) is 6.42 Å². The minimum atomic E-state index is 0.505. The Hall–Kier alpha value is -1.41. The van der Waals surface area contributed by atoms with Gasteiger partial charge >= 0.3 is 0 Å². The maximum Gasteiger partial charge on any atom is 0.150 e. The molecule has 0 aliphatic heterocycles. The molecule has 0 saturated heterocycles.